The minimum Gasteiger partial charge on any atom is -0.287 e. The predicted molar refractivity (Wildman–Crippen MR) is 81.3 cm³/mol. The Kier molecular flexibility index (Phi) is 5.49. The van der Waals surface area contributed by atoms with Crippen molar-refractivity contribution in [3.63, 3.8) is 0 Å². The second-order valence-corrected chi connectivity index (χ2v) is 5.71. The van der Waals surface area contributed by atoms with Crippen LogP contribution >= 0.6 is 11.8 Å². The number of halogens is 1. The standard InChI is InChI=1S/C15H17ClN2O4/c16-17-15(20)14(11-3-1-2-4-11)12-7-5-10(6-8-12)13(19)9-18(21)22/h5-8,11,14H,1-4,9H2,(H,17,20). The molecule has 6 nitrogen and oxygen atoms in total. The van der Waals surface area contributed by atoms with Crippen molar-refractivity contribution < 1.29 is 14.5 Å². The van der Waals surface area contributed by atoms with Crippen LogP contribution in [0.4, 0.5) is 0 Å². The third-order valence-electron chi connectivity index (χ3n) is 4.11. The molecular weight excluding hydrogens is 308 g/mol. The van der Waals surface area contributed by atoms with Gasteiger partial charge >= 0.3 is 0 Å². The van der Waals surface area contributed by atoms with Crippen molar-refractivity contribution in [1.29, 1.82) is 0 Å². The Morgan fingerprint density at radius 1 is 1.27 bits per heavy atom. The van der Waals surface area contributed by atoms with E-state index in [4.69, 9.17) is 11.8 Å². The van der Waals surface area contributed by atoms with Crippen molar-refractivity contribution in [2.75, 3.05) is 6.54 Å². The maximum atomic E-state index is 12.1. The number of Topliss-reactive ketones (excluding diaryl/α,β-unsaturated/α-hetero) is 1. The Morgan fingerprint density at radius 2 is 1.86 bits per heavy atom. The second kappa shape index (κ2) is 7.35. The number of hydrogen-bond acceptors (Lipinski definition) is 4. The Morgan fingerprint density at radius 3 is 2.36 bits per heavy atom. The lowest BCUT2D eigenvalue weighted by atomic mass is 9.84. The molecule has 1 unspecified atom stereocenters. The molecule has 1 N–H and O–H groups in total. The third-order valence-corrected chi connectivity index (χ3v) is 4.30. The minimum atomic E-state index is -0.729. The van der Waals surface area contributed by atoms with E-state index in [-0.39, 0.29) is 23.3 Å². The van der Waals surface area contributed by atoms with Crippen molar-refractivity contribution in [3.05, 3.63) is 45.5 Å². The van der Waals surface area contributed by atoms with Crippen LogP contribution in [0.1, 0.15) is 47.5 Å². The molecule has 0 radical (unpaired) electrons. The summed E-state index contributed by atoms with van der Waals surface area (Å²) in [6.45, 7) is -0.729. The van der Waals surface area contributed by atoms with Crippen LogP contribution in [-0.4, -0.2) is 23.2 Å². The lowest BCUT2D eigenvalue weighted by Gasteiger charge is -2.21. The Balaban J connectivity index is 2.20. The number of amides is 1. The van der Waals surface area contributed by atoms with Crippen molar-refractivity contribution >= 4 is 23.5 Å². The van der Waals surface area contributed by atoms with Crippen molar-refractivity contribution in [3.8, 4) is 0 Å². The first-order chi connectivity index (χ1) is 10.5. The lowest BCUT2D eigenvalue weighted by Crippen LogP contribution is -2.27. The molecule has 118 valence electrons. The van der Waals surface area contributed by atoms with Gasteiger partial charge in [0.1, 0.15) is 0 Å². The van der Waals surface area contributed by atoms with Gasteiger partial charge in [0.25, 0.3) is 6.54 Å². The number of hydrogen-bond donors (Lipinski definition) is 1. The highest BCUT2D eigenvalue weighted by atomic mass is 35.5. The number of nitrogens with zero attached hydrogens (tertiary/aromatic N) is 1. The third kappa shape index (κ3) is 3.82. The van der Waals surface area contributed by atoms with Crippen LogP contribution in [0.2, 0.25) is 0 Å². The van der Waals surface area contributed by atoms with Gasteiger partial charge in [0.15, 0.2) is 0 Å². The molecule has 22 heavy (non-hydrogen) atoms. The van der Waals surface area contributed by atoms with E-state index in [1.54, 1.807) is 12.1 Å². The maximum absolute atomic E-state index is 12.1. The molecule has 0 aliphatic heterocycles. The lowest BCUT2D eigenvalue weighted by molar-refractivity contribution is -0.465. The summed E-state index contributed by atoms with van der Waals surface area (Å²) in [6, 6.07) is 6.43. The molecule has 1 saturated carbocycles. The average Bonchev–Trinajstić information content (AvgIpc) is 3.01. The van der Waals surface area contributed by atoms with Crippen molar-refractivity contribution in [1.82, 2.24) is 4.84 Å². The number of carbonyl (C=O) groups excluding carboxylic acids is 2. The Hall–Kier alpha value is -1.95. The summed E-state index contributed by atoms with van der Waals surface area (Å²) in [6.07, 6.45) is 4.13. The number of ketones is 1. The molecule has 1 aliphatic carbocycles. The van der Waals surface area contributed by atoms with Crippen LogP contribution < -0.4 is 4.84 Å². The fraction of sp³-hybridized carbons (Fsp3) is 0.467. The first kappa shape index (κ1) is 16.4. The molecule has 7 heteroatoms. The molecule has 0 aromatic heterocycles. The van der Waals surface area contributed by atoms with Crippen molar-refractivity contribution in [2.24, 2.45) is 5.92 Å². The fourth-order valence-electron chi connectivity index (χ4n) is 3.07. The number of nitrogens with one attached hydrogen (secondary N) is 1. The SMILES string of the molecule is O=C(C[N+](=O)[O-])c1ccc(C(C(=O)NCl)C2CCCC2)cc1. The summed E-state index contributed by atoms with van der Waals surface area (Å²) in [5, 5.41) is 10.4. The van der Waals surface area contributed by atoms with E-state index in [0.29, 0.717) is 0 Å². The van der Waals surface area contributed by atoms with Crippen LogP contribution in [0.3, 0.4) is 0 Å². The first-order valence-corrected chi connectivity index (χ1v) is 7.56. The van der Waals surface area contributed by atoms with E-state index >= 15 is 0 Å². The molecule has 1 atom stereocenters. The van der Waals surface area contributed by atoms with Gasteiger partial charge < -0.3 is 0 Å². The van der Waals surface area contributed by atoms with Crippen molar-refractivity contribution in [2.45, 2.75) is 31.6 Å². The maximum Gasteiger partial charge on any atom is 0.265 e. The highest BCUT2D eigenvalue weighted by Crippen LogP contribution is 2.37. The highest BCUT2D eigenvalue weighted by molar-refractivity contribution is 6.22. The zero-order valence-electron chi connectivity index (χ0n) is 12.0. The van der Waals surface area contributed by atoms with E-state index < -0.39 is 17.3 Å². The molecule has 0 heterocycles. The molecule has 0 bridgehead atoms. The van der Waals surface area contributed by atoms with Gasteiger partial charge in [-0.05, 0) is 24.3 Å². The molecule has 1 aromatic carbocycles. The van der Waals surface area contributed by atoms with Gasteiger partial charge in [0.05, 0.1) is 5.92 Å². The molecule has 1 amide bonds. The highest BCUT2D eigenvalue weighted by Gasteiger charge is 2.31. The average molecular weight is 325 g/mol. The second-order valence-electron chi connectivity index (χ2n) is 5.52. The quantitative estimate of drug-likeness (QED) is 0.377. The molecule has 1 aliphatic rings. The molecule has 2 rings (SSSR count). The van der Waals surface area contributed by atoms with E-state index in [9.17, 15) is 19.7 Å². The van der Waals surface area contributed by atoms with Crippen LogP contribution in [-0.2, 0) is 4.79 Å². The van der Waals surface area contributed by atoms with Gasteiger partial charge in [0.2, 0.25) is 11.7 Å². The summed E-state index contributed by atoms with van der Waals surface area (Å²) in [4.78, 5) is 35.6. The van der Waals surface area contributed by atoms with E-state index in [1.165, 1.54) is 12.1 Å². The van der Waals surface area contributed by atoms with Gasteiger partial charge in [0, 0.05) is 22.3 Å². The Bertz CT molecular complexity index is 567. The summed E-state index contributed by atoms with van der Waals surface area (Å²) in [7, 11) is 0. The fourth-order valence-corrected chi connectivity index (χ4v) is 3.19. The van der Waals surface area contributed by atoms with Gasteiger partial charge in [-0.2, -0.15) is 0 Å². The predicted octanol–water partition coefficient (Wildman–Crippen LogP) is 2.69. The van der Waals surface area contributed by atoms with Crippen LogP contribution in [0.25, 0.3) is 0 Å². The molecular formula is C15H17ClN2O4. The van der Waals surface area contributed by atoms with Crippen LogP contribution in [0.15, 0.2) is 24.3 Å². The number of benzene rings is 1. The zero-order valence-corrected chi connectivity index (χ0v) is 12.7. The number of nitro groups is 1. The van der Waals surface area contributed by atoms with E-state index in [1.807, 2.05) is 0 Å². The molecule has 0 saturated heterocycles. The summed E-state index contributed by atoms with van der Waals surface area (Å²) in [5.74, 6) is -0.910. The largest absolute Gasteiger partial charge is 0.287 e. The Labute approximate surface area is 133 Å². The van der Waals surface area contributed by atoms with Gasteiger partial charge in [-0.3, -0.25) is 24.5 Å². The zero-order chi connectivity index (χ0) is 16.1. The summed E-state index contributed by atoms with van der Waals surface area (Å²) >= 11 is 5.49. The first-order valence-electron chi connectivity index (χ1n) is 7.18. The van der Waals surface area contributed by atoms with E-state index in [2.05, 4.69) is 4.84 Å². The molecule has 0 spiro atoms. The summed E-state index contributed by atoms with van der Waals surface area (Å²) < 4.78 is 0. The smallest absolute Gasteiger partial charge is 0.265 e. The van der Waals surface area contributed by atoms with Crippen LogP contribution in [0.5, 0.6) is 0 Å². The van der Waals surface area contributed by atoms with Gasteiger partial charge in [-0.25, -0.2) is 0 Å². The molecule has 1 fully saturated rings. The topological polar surface area (TPSA) is 89.3 Å². The normalized spacial score (nSPS) is 16.2. The van der Waals surface area contributed by atoms with Gasteiger partial charge in [-0.15, -0.1) is 0 Å². The minimum absolute atomic E-state index is 0.235. The van der Waals surface area contributed by atoms with Crippen LogP contribution in [0, 0.1) is 16.0 Å². The number of rotatable bonds is 6. The monoisotopic (exact) mass is 324 g/mol. The number of carbonyl (C=O) groups is 2. The molecule has 1 aromatic rings. The van der Waals surface area contributed by atoms with Gasteiger partial charge in [-0.1, -0.05) is 37.1 Å². The van der Waals surface area contributed by atoms with E-state index in [0.717, 1.165) is 31.2 Å². The summed E-state index contributed by atoms with van der Waals surface area (Å²) in [5.41, 5.74) is 1.06.